The first-order valence-electron chi connectivity index (χ1n) is 6.97. The van der Waals surface area contributed by atoms with Crippen LogP contribution in [-0.2, 0) is 11.2 Å². The van der Waals surface area contributed by atoms with Crippen molar-refractivity contribution in [2.45, 2.75) is 34.1 Å². The lowest BCUT2D eigenvalue weighted by atomic mass is 9.95. The van der Waals surface area contributed by atoms with Gasteiger partial charge in [-0.3, -0.25) is 9.89 Å². The number of halogens is 1. The Bertz CT molecular complexity index is 656. The van der Waals surface area contributed by atoms with Crippen molar-refractivity contribution in [1.29, 1.82) is 0 Å². The van der Waals surface area contributed by atoms with Crippen molar-refractivity contribution >= 4 is 11.6 Å². The summed E-state index contributed by atoms with van der Waals surface area (Å²) in [5, 5.41) is 10.1. The maximum absolute atomic E-state index is 13.4. The summed E-state index contributed by atoms with van der Waals surface area (Å²) < 4.78 is 13.4. The van der Waals surface area contributed by atoms with E-state index in [-0.39, 0.29) is 11.7 Å². The van der Waals surface area contributed by atoms with Gasteiger partial charge in [0.05, 0.1) is 11.4 Å². The summed E-state index contributed by atoms with van der Waals surface area (Å²) in [6.45, 7) is 7.50. The molecule has 2 N–H and O–H groups in total. The quantitative estimate of drug-likeness (QED) is 0.903. The van der Waals surface area contributed by atoms with Crippen LogP contribution in [0.3, 0.4) is 0 Å². The molecule has 1 heterocycles. The largest absolute Gasteiger partial charge is 0.322 e. The predicted octanol–water partition coefficient (Wildman–Crippen LogP) is 3.76. The van der Waals surface area contributed by atoms with Crippen LogP contribution in [0.1, 0.15) is 33.4 Å². The molecule has 2 aromatic rings. The van der Waals surface area contributed by atoms with Crippen molar-refractivity contribution in [2.24, 2.45) is 5.41 Å². The number of nitrogens with zero attached hydrogens (tertiary/aromatic N) is 1. The zero-order valence-electron chi connectivity index (χ0n) is 12.7. The molecular weight excluding hydrogens is 269 g/mol. The molecule has 1 amide bonds. The van der Waals surface area contributed by atoms with E-state index in [4.69, 9.17) is 0 Å². The molecule has 0 atom stereocenters. The molecule has 0 unspecified atom stereocenters. The molecule has 21 heavy (non-hydrogen) atoms. The van der Waals surface area contributed by atoms with Gasteiger partial charge in [-0.1, -0.05) is 39.8 Å². The fourth-order valence-electron chi connectivity index (χ4n) is 1.91. The van der Waals surface area contributed by atoms with E-state index in [1.54, 1.807) is 12.1 Å². The smallest absolute Gasteiger partial charge is 0.229 e. The molecule has 0 aliphatic carbocycles. The van der Waals surface area contributed by atoms with E-state index < -0.39 is 5.41 Å². The van der Waals surface area contributed by atoms with Crippen molar-refractivity contribution in [3.63, 3.8) is 0 Å². The number of carbonyl (C=O) groups is 1. The number of rotatable bonds is 3. The minimum atomic E-state index is -0.512. The van der Waals surface area contributed by atoms with Gasteiger partial charge >= 0.3 is 0 Å². The molecule has 0 spiro atoms. The highest BCUT2D eigenvalue weighted by atomic mass is 19.1. The zero-order chi connectivity index (χ0) is 15.6. The fraction of sp³-hybridized carbons (Fsp3) is 0.375. The average molecular weight is 289 g/mol. The Labute approximate surface area is 123 Å². The maximum atomic E-state index is 13.4. The van der Waals surface area contributed by atoms with Crippen LogP contribution in [0.4, 0.5) is 10.1 Å². The molecule has 0 aliphatic rings. The van der Waals surface area contributed by atoms with Gasteiger partial charge in [0.15, 0.2) is 0 Å². The Morgan fingerprint density at radius 2 is 2.10 bits per heavy atom. The summed E-state index contributed by atoms with van der Waals surface area (Å²) in [4.78, 5) is 12.2. The number of aromatic nitrogens is 2. The molecule has 5 heteroatoms. The summed E-state index contributed by atoms with van der Waals surface area (Å²) in [5.74, 6) is -0.433. The van der Waals surface area contributed by atoms with E-state index in [2.05, 4.69) is 15.5 Å². The highest BCUT2D eigenvalue weighted by molar-refractivity contribution is 5.98. The third-order valence-corrected chi connectivity index (χ3v) is 3.21. The zero-order valence-corrected chi connectivity index (χ0v) is 12.7. The van der Waals surface area contributed by atoms with Gasteiger partial charge in [0.25, 0.3) is 0 Å². The van der Waals surface area contributed by atoms with Crippen molar-refractivity contribution in [3.8, 4) is 11.3 Å². The minimum absolute atomic E-state index is 0.101. The van der Waals surface area contributed by atoms with Crippen LogP contribution in [0, 0.1) is 11.2 Å². The molecule has 2 rings (SSSR count). The van der Waals surface area contributed by atoms with Crippen molar-refractivity contribution in [1.82, 2.24) is 10.2 Å². The summed E-state index contributed by atoms with van der Waals surface area (Å²) in [6, 6.07) is 6.18. The van der Waals surface area contributed by atoms with E-state index in [9.17, 15) is 9.18 Å². The number of hydrogen-bond acceptors (Lipinski definition) is 2. The van der Waals surface area contributed by atoms with Gasteiger partial charge in [0.1, 0.15) is 11.5 Å². The second-order valence-corrected chi connectivity index (χ2v) is 5.99. The summed E-state index contributed by atoms with van der Waals surface area (Å²) in [7, 11) is 0. The van der Waals surface area contributed by atoms with E-state index >= 15 is 0 Å². The molecule has 4 nitrogen and oxygen atoms in total. The van der Waals surface area contributed by atoms with Crippen LogP contribution >= 0.6 is 0 Å². The number of amides is 1. The van der Waals surface area contributed by atoms with Crippen LogP contribution in [0.25, 0.3) is 11.3 Å². The highest BCUT2D eigenvalue weighted by Gasteiger charge is 2.24. The first-order chi connectivity index (χ1) is 9.82. The maximum Gasteiger partial charge on any atom is 0.229 e. The summed E-state index contributed by atoms with van der Waals surface area (Å²) >= 11 is 0. The minimum Gasteiger partial charge on any atom is -0.322 e. The number of H-pyrrole nitrogens is 1. The fourth-order valence-corrected chi connectivity index (χ4v) is 1.91. The molecular formula is C16H20FN3O. The Morgan fingerprint density at radius 1 is 1.38 bits per heavy atom. The molecule has 0 saturated carbocycles. The third-order valence-electron chi connectivity index (χ3n) is 3.21. The van der Waals surface area contributed by atoms with Crippen LogP contribution in [0.2, 0.25) is 0 Å². The van der Waals surface area contributed by atoms with Crippen LogP contribution in [-0.4, -0.2) is 16.1 Å². The Hall–Kier alpha value is -2.17. The van der Waals surface area contributed by atoms with Crippen LogP contribution in [0.15, 0.2) is 24.3 Å². The number of nitrogens with one attached hydrogen (secondary N) is 2. The van der Waals surface area contributed by atoms with Crippen LogP contribution < -0.4 is 5.32 Å². The molecule has 1 aromatic heterocycles. The van der Waals surface area contributed by atoms with Gasteiger partial charge < -0.3 is 5.32 Å². The monoisotopic (exact) mass is 289 g/mol. The lowest BCUT2D eigenvalue weighted by Gasteiger charge is -2.18. The molecule has 0 saturated heterocycles. The van der Waals surface area contributed by atoms with Crippen molar-refractivity contribution in [3.05, 3.63) is 35.8 Å². The standard InChI is InChI=1S/C16H20FN3O/c1-5-12-14(18-15(21)16(2,3)4)13(20-19-12)10-7-6-8-11(17)9-10/h6-9H,5H2,1-4H3,(H,18,21)(H,19,20). The van der Waals surface area contributed by atoms with Gasteiger partial charge in [0, 0.05) is 11.0 Å². The molecule has 1 aromatic carbocycles. The molecule has 0 fully saturated rings. The number of carbonyl (C=O) groups excluding carboxylic acids is 1. The third kappa shape index (κ3) is 3.29. The van der Waals surface area contributed by atoms with Crippen LogP contribution in [0.5, 0.6) is 0 Å². The number of hydrogen-bond donors (Lipinski definition) is 2. The van der Waals surface area contributed by atoms with Gasteiger partial charge in [-0.2, -0.15) is 5.10 Å². The summed E-state index contributed by atoms with van der Waals surface area (Å²) in [5.41, 5.74) is 2.13. The number of aromatic amines is 1. The SMILES string of the molecule is CCc1[nH]nc(-c2cccc(F)c2)c1NC(=O)C(C)(C)C. The first kappa shape index (κ1) is 15.2. The van der Waals surface area contributed by atoms with E-state index in [0.717, 1.165) is 5.69 Å². The predicted molar refractivity (Wildman–Crippen MR) is 81.4 cm³/mol. The lowest BCUT2D eigenvalue weighted by Crippen LogP contribution is -2.28. The van der Waals surface area contributed by atoms with Gasteiger partial charge in [-0.05, 0) is 18.6 Å². The van der Waals surface area contributed by atoms with Gasteiger partial charge in [-0.25, -0.2) is 4.39 Å². The summed E-state index contributed by atoms with van der Waals surface area (Å²) in [6.07, 6.45) is 0.696. The van der Waals surface area contributed by atoms with E-state index in [1.165, 1.54) is 12.1 Å². The van der Waals surface area contributed by atoms with Crippen molar-refractivity contribution in [2.75, 3.05) is 5.32 Å². The number of benzene rings is 1. The normalized spacial score (nSPS) is 11.5. The van der Waals surface area contributed by atoms with Gasteiger partial charge in [0.2, 0.25) is 5.91 Å². The van der Waals surface area contributed by atoms with E-state index in [0.29, 0.717) is 23.4 Å². The molecule has 0 aliphatic heterocycles. The molecule has 0 radical (unpaired) electrons. The average Bonchev–Trinajstić information content (AvgIpc) is 2.80. The lowest BCUT2D eigenvalue weighted by molar-refractivity contribution is -0.123. The second kappa shape index (κ2) is 5.68. The molecule has 112 valence electrons. The topological polar surface area (TPSA) is 57.8 Å². The molecule has 0 bridgehead atoms. The number of aryl methyl sites for hydroxylation is 1. The Balaban J connectivity index is 2.44. The van der Waals surface area contributed by atoms with E-state index in [1.807, 2.05) is 27.7 Å². The second-order valence-electron chi connectivity index (χ2n) is 5.99. The number of anilines is 1. The first-order valence-corrected chi connectivity index (χ1v) is 6.97. The Morgan fingerprint density at radius 3 is 2.67 bits per heavy atom. The van der Waals surface area contributed by atoms with Gasteiger partial charge in [-0.15, -0.1) is 0 Å². The Kier molecular flexibility index (Phi) is 4.11. The van der Waals surface area contributed by atoms with Crippen molar-refractivity contribution < 1.29 is 9.18 Å². The highest BCUT2D eigenvalue weighted by Crippen LogP contribution is 2.31.